The van der Waals surface area contributed by atoms with Crippen LogP contribution in [-0.4, -0.2) is 30.8 Å². The number of rotatable bonds is 3. The number of carbonyl (C=O) groups excluding carboxylic acids is 1. The molecule has 0 saturated heterocycles. The standard InChI is InChI=1S/C17H11BrN6OS/c1-9-6-12(18)11(7-20-9)15(25)24-17-23-14-16(26-17)22-13(8-21-14)10-2-4-19-5-3-10/h2-8H,1H3,(H,21,23,24,25). The summed E-state index contributed by atoms with van der Waals surface area (Å²) in [5.74, 6) is -0.294. The van der Waals surface area contributed by atoms with Gasteiger partial charge in [0, 0.05) is 34.3 Å². The van der Waals surface area contributed by atoms with Crippen molar-refractivity contribution in [3.05, 3.63) is 58.7 Å². The first-order valence-electron chi connectivity index (χ1n) is 7.57. The molecule has 26 heavy (non-hydrogen) atoms. The Hall–Kier alpha value is -2.78. The van der Waals surface area contributed by atoms with Crippen molar-refractivity contribution < 1.29 is 4.79 Å². The molecular formula is C17H11BrN6OS. The third-order valence-corrected chi connectivity index (χ3v) is 5.06. The van der Waals surface area contributed by atoms with Crippen molar-refractivity contribution >= 4 is 48.8 Å². The molecule has 0 aliphatic rings. The molecule has 1 N–H and O–H groups in total. The lowest BCUT2D eigenvalue weighted by molar-refractivity contribution is 0.102. The Labute approximate surface area is 160 Å². The van der Waals surface area contributed by atoms with Crippen LogP contribution in [0.1, 0.15) is 16.1 Å². The molecule has 0 aliphatic carbocycles. The zero-order valence-corrected chi connectivity index (χ0v) is 15.9. The molecule has 0 atom stereocenters. The topological polar surface area (TPSA) is 93.6 Å². The number of fused-ring (bicyclic) bond motifs is 1. The van der Waals surface area contributed by atoms with Crippen LogP contribution >= 0.6 is 27.3 Å². The van der Waals surface area contributed by atoms with Gasteiger partial charge in [0.25, 0.3) is 5.91 Å². The molecule has 4 aromatic heterocycles. The summed E-state index contributed by atoms with van der Waals surface area (Å²) in [7, 11) is 0. The Morgan fingerprint density at radius 2 is 1.96 bits per heavy atom. The highest BCUT2D eigenvalue weighted by Crippen LogP contribution is 2.26. The van der Waals surface area contributed by atoms with Gasteiger partial charge in [-0.3, -0.25) is 20.1 Å². The van der Waals surface area contributed by atoms with Gasteiger partial charge >= 0.3 is 0 Å². The number of nitrogens with one attached hydrogen (secondary N) is 1. The van der Waals surface area contributed by atoms with E-state index in [-0.39, 0.29) is 5.91 Å². The van der Waals surface area contributed by atoms with E-state index >= 15 is 0 Å². The maximum atomic E-state index is 12.4. The van der Waals surface area contributed by atoms with Gasteiger partial charge in [0.1, 0.15) is 0 Å². The van der Waals surface area contributed by atoms with Gasteiger partial charge < -0.3 is 0 Å². The lowest BCUT2D eigenvalue weighted by Gasteiger charge is -2.04. The second-order valence-electron chi connectivity index (χ2n) is 5.40. The van der Waals surface area contributed by atoms with Crippen molar-refractivity contribution in [3.8, 4) is 11.3 Å². The van der Waals surface area contributed by atoms with Crippen LogP contribution in [0.4, 0.5) is 5.13 Å². The van der Waals surface area contributed by atoms with E-state index in [1.165, 1.54) is 17.5 Å². The normalized spacial score (nSPS) is 10.8. The Kier molecular flexibility index (Phi) is 4.39. The predicted octanol–water partition coefficient (Wildman–Crippen LogP) is 3.87. The number of carbonyl (C=O) groups is 1. The number of nitrogens with zero attached hydrogens (tertiary/aromatic N) is 5. The zero-order valence-electron chi connectivity index (χ0n) is 13.5. The van der Waals surface area contributed by atoms with Gasteiger partial charge in [-0.15, -0.1) is 0 Å². The number of halogens is 1. The van der Waals surface area contributed by atoms with E-state index < -0.39 is 0 Å². The maximum Gasteiger partial charge on any atom is 0.260 e. The molecular weight excluding hydrogens is 416 g/mol. The number of hydrogen-bond donors (Lipinski definition) is 1. The van der Waals surface area contributed by atoms with Gasteiger partial charge in [0.15, 0.2) is 15.6 Å². The third kappa shape index (κ3) is 3.31. The number of anilines is 1. The lowest BCUT2D eigenvalue weighted by Crippen LogP contribution is -2.13. The van der Waals surface area contributed by atoms with Gasteiger partial charge in [-0.2, -0.15) is 4.98 Å². The van der Waals surface area contributed by atoms with Gasteiger partial charge in [-0.05, 0) is 41.1 Å². The molecule has 0 aromatic carbocycles. The van der Waals surface area contributed by atoms with Gasteiger partial charge in [-0.1, -0.05) is 11.3 Å². The van der Waals surface area contributed by atoms with Crippen LogP contribution in [0.3, 0.4) is 0 Å². The van der Waals surface area contributed by atoms with Crippen LogP contribution in [-0.2, 0) is 0 Å². The molecule has 4 aromatic rings. The van der Waals surface area contributed by atoms with Crippen molar-refractivity contribution in [2.75, 3.05) is 5.32 Å². The summed E-state index contributed by atoms with van der Waals surface area (Å²) >= 11 is 4.65. The molecule has 0 unspecified atom stereocenters. The molecule has 0 aliphatic heterocycles. The second kappa shape index (κ2) is 6.85. The van der Waals surface area contributed by atoms with Crippen molar-refractivity contribution in [2.24, 2.45) is 0 Å². The summed E-state index contributed by atoms with van der Waals surface area (Å²) in [5.41, 5.74) is 3.40. The van der Waals surface area contributed by atoms with Crippen molar-refractivity contribution in [3.63, 3.8) is 0 Å². The van der Waals surface area contributed by atoms with E-state index in [1.54, 1.807) is 24.7 Å². The summed E-state index contributed by atoms with van der Waals surface area (Å²) < 4.78 is 0.680. The first-order chi connectivity index (χ1) is 12.6. The number of pyridine rings is 2. The highest BCUT2D eigenvalue weighted by molar-refractivity contribution is 9.10. The molecule has 1 amide bonds. The first-order valence-corrected chi connectivity index (χ1v) is 9.18. The number of aromatic nitrogens is 5. The molecule has 0 radical (unpaired) electrons. The summed E-state index contributed by atoms with van der Waals surface area (Å²) in [4.78, 5) is 34.5. The molecule has 0 bridgehead atoms. The highest BCUT2D eigenvalue weighted by Gasteiger charge is 2.15. The molecule has 0 saturated carbocycles. The summed E-state index contributed by atoms with van der Waals surface area (Å²) in [6, 6.07) is 5.51. The Morgan fingerprint density at radius 1 is 1.15 bits per heavy atom. The molecule has 0 spiro atoms. The van der Waals surface area contributed by atoms with E-state index in [2.05, 4.69) is 46.2 Å². The fourth-order valence-electron chi connectivity index (χ4n) is 2.29. The third-order valence-electron chi connectivity index (χ3n) is 3.55. The van der Waals surface area contributed by atoms with Crippen LogP contribution in [0, 0.1) is 6.92 Å². The molecule has 9 heteroatoms. The summed E-state index contributed by atoms with van der Waals surface area (Å²) in [6.07, 6.45) is 6.59. The lowest BCUT2D eigenvalue weighted by atomic mass is 10.2. The van der Waals surface area contributed by atoms with E-state index in [1.807, 2.05) is 19.1 Å². The minimum absolute atomic E-state index is 0.294. The Balaban J connectivity index is 1.62. The molecule has 4 heterocycles. The Bertz CT molecular complexity index is 1110. The highest BCUT2D eigenvalue weighted by atomic mass is 79.9. The molecule has 128 valence electrons. The minimum Gasteiger partial charge on any atom is -0.298 e. The molecule has 0 fully saturated rings. The van der Waals surface area contributed by atoms with Crippen LogP contribution < -0.4 is 5.32 Å². The van der Waals surface area contributed by atoms with Crippen LogP contribution in [0.25, 0.3) is 21.7 Å². The first kappa shape index (κ1) is 16.7. The smallest absolute Gasteiger partial charge is 0.260 e. The summed E-state index contributed by atoms with van der Waals surface area (Å²) in [5, 5.41) is 3.21. The number of aryl methyl sites for hydroxylation is 1. The van der Waals surface area contributed by atoms with E-state index in [0.717, 1.165) is 17.0 Å². The average Bonchev–Trinajstić information content (AvgIpc) is 3.03. The molecule has 4 rings (SSSR count). The second-order valence-corrected chi connectivity index (χ2v) is 7.23. The minimum atomic E-state index is -0.294. The van der Waals surface area contributed by atoms with Crippen molar-refractivity contribution in [1.29, 1.82) is 0 Å². The van der Waals surface area contributed by atoms with Gasteiger partial charge in [-0.25, -0.2) is 9.97 Å². The van der Waals surface area contributed by atoms with E-state index in [9.17, 15) is 4.79 Å². The van der Waals surface area contributed by atoms with Crippen molar-refractivity contribution in [1.82, 2.24) is 24.9 Å². The predicted molar refractivity (Wildman–Crippen MR) is 103 cm³/mol. The number of hydrogen-bond acceptors (Lipinski definition) is 7. The van der Waals surface area contributed by atoms with E-state index in [4.69, 9.17) is 0 Å². The average molecular weight is 427 g/mol. The van der Waals surface area contributed by atoms with Crippen LogP contribution in [0.2, 0.25) is 0 Å². The maximum absolute atomic E-state index is 12.4. The van der Waals surface area contributed by atoms with Crippen LogP contribution in [0.15, 0.2) is 47.5 Å². The number of amides is 1. The monoisotopic (exact) mass is 426 g/mol. The largest absolute Gasteiger partial charge is 0.298 e. The van der Waals surface area contributed by atoms with E-state index in [0.29, 0.717) is 25.6 Å². The zero-order chi connectivity index (χ0) is 18.1. The van der Waals surface area contributed by atoms with Gasteiger partial charge in [0.05, 0.1) is 17.5 Å². The quantitative estimate of drug-likeness (QED) is 0.534. The van der Waals surface area contributed by atoms with Crippen LogP contribution in [0.5, 0.6) is 0 Å². The number of thiazole rings is 1. The summed E-state index contributed by atoms with van der Waals surface area (Å²) in [6.45, 7) is 1.86. The van der Waals surface area contributed by atoms with Gasteiger partial charge in [0.2, 0.25) is 0 Å². The molecule has 7 nitrogen and oxygen atoms in total. The fraction of sp³-hybridized carbons (Fsp3) is 0.0588. The SMILES string of the molecule is Cc1cc(Br)c(C(=O)Nc2nc3ncc(-c4ccncc4)nc3s2)cn1. The fourth-order valence-corrected chi connectivity index (χ4v) is 3.70. The Morgan fingerprint density at radius 3 is 2.73 bits per heavy atom. The van der Waals surface area contributed by atoms with Crippen molar-refractivity contribution in [2.45, 2.75) is 6.92 Å².